The molecule has 0 unspecified atom stereocenters. The number of hydrogen-bond acceptors (Lipinski definition) is 2. The molecule has 0 spiro atoms. The van der Waals surface area contributed by atoms with Crippen LogP contribution >= 0.6 is 22.6 Å². The molecule has 0 fully saturated rings. The second-order valence-electron chi connectivity index (χ2n) is 2.73. The molecule has 0 radical (unpaired) electrons. The number of halogens is 1. The molecular formula is C8H8IN3O. The van der Waals surface area contributed by atoms with Crippen molar-refractivity contribution in [3.63, 3.8) is 0 Å². The van der Waals surface area contributed by atoms with Crippen molar-refractivity contribution in [2.75, 3.05) is 0 Å². The molecule has 0 amide bonds. The fourth-order valence-electron chi connectivity index (χ4n) is 1.19. The van der Waals surface area contributed by atoms with E-state index in [1.807, 2.05) is 13.0 Å². The summed E-state index contributed by atoms with van der Waals surface area (Å²) >= 11 is 2.13. The van der Waals surface area contributed by atoms with Gasteiger partial charge in [-0.05, 0) is 35.1 Å². The van der Waals surface area contributed by atoms with E-state index in [0.29, 0.717) is 5.52 Å². The molecule has 68 valence electrons. The Bertz CT molecular complexity index is 500. The smallest absolute Gasteiger partial charge is 0.274 e. The molecule has 0 aliphatic carbocycles. The van der Waals surface area contributed by atoms with Crippen LogP contribution in [0.3, 0.4) is 0 Å². The van der Waals surface area contributed by atoms with Crippen molar-refractivity contribution in [2.45, 2.75) is 13.3 Å². The van der Waals surface area contributed by atoms with Gasteiger partial charge in [0.05, 0.1) is 5.69 Å². The number of nitrogens with one attached hydrogen (secondary N) is 1. The average Bonchev–Trinajstić information content (AvgIpc) is 2.56. The number of hydrogen-bond donors (Lipinski definition) is 1. The maximum atomic E-state index is 11.3. The first-order valence-corrected chi connectivity index (χ1v) is 5.06. The number of nitrogens with zero attached hydrogens (tertiary/aromatic N) is 2. The number of H-pyrrole nitrogens is 1. The fraction of sp³-hybridized carbons (Fsp3) is 0.250. The van der Waals surface area contributed by atoms with Crippen molar-refractivity contribution in [1.82, 2.24) is 14.6 Å². The fourth-order valence-corrected chi connectivity index (χ4v) is 1.71. The van der Waals surface area contributed by atoms with Gasteiger partial charge in [0.15, 0.2) is 0 Å². The van der Waals surface area contributed by atoms with Gasteiger partial charge in [0.2, 0.25) is 0 Å². The molecule has 0 atom stereocenters. The van der Waals surface area contributed by atoms with E-state index in [9.17, 15) is 4.79 Å². The predicted octanol–water partition coefficient (Wildman–Crippen LogP) is 1.19. The largest absolute Gasteiger partial charge is 0.325 e. The second-order valence-corrected chi connectivity index (χ2v) is 3.83. The highest BCUT2D eigenvalue weighted by atomic mass is 127. The van der Waals surface area contributed by atoms with Crippen molar-refractivity contribution < 1.29 is 0 Å². The van der Waals surface area contributed by atoms with Crippen LogP contribution in [0.5, 0.6) is 0 Å². The molecule has 2 aromatic heterocycles. The molecule has 1 N–H and O–H groups in total. The van der Waals surface area contributed by atoms with Crippen molar-refractivity contribution in [3.8, 4) is 0 Å². The Kier molecular flexibility index (Phi) is 2.10. The van der Waals surface area contributed by atoms with Crippen molar-refractivity contribution >= 4 is 28.1 Å². The number of aromatic amines is 1. The first kappa shape index (κ1) is 8.74. The molecule has 2 rings (SSSR count). The van der Waals surface area contributed by atoms with Gasteiger partial charge in [-0.1, -0.05) is 6.92 Å². The monoisotopic (exact) mass is 289 g/mol. The molecule has 2 heterocycles. The van der Waals surface area contributed by atoms with Gasteiger partial charge in [-0.3, -0.25) is 4.79 Å². The lowest BCUT2D eigenvalue weighted by atomic mass is 10.3. The lowest BCUT2D eigenvalue weighted by Gasteiger charge is -1.93. The van der Waals surface area contributed by atoms with E-state index in [1.165, 1.54) is 0 Å². The van der Waals surface area contributed by atoms with Gasteiger partial charge < -0.3 is 4.98 Å². The van der Waals surface area contributed by atoms with Crippen LogP contribution in [0.2, 0.25) is 0 Å². The molecule has 0 saturated heterocycles. The van der Waals surface area contributed by atoms with E-state index in [1.54, 1.807) is 10.7 Å². The first-order valence-electron chi connectivity index (χ1n) is 3.98. The van der Waals surface area contributed by atoms with Crippen molar-refractivity contribution in [3.05, 3.63) is 32.0 Å². The lowest BCUT2D eigenvalue weighted by Crippen LogP contribution is -2.10. The SMILES string of the molecule is CCc1cc2c(=O)[nH]cc(I)n2n1. The standard InChI is InChI=1S/C8H8IN3O/c1-2-5-3-6-8(13)10-4-7(9)12(6)11-5/h3-4H,2H2,1H3,(H,10,13). The van der Waals surface area contributed by atoms with E-state index >= 15 is 0 Å². The van der Waals surface area contributed by atoms with Crippen LogP contribution in [0.15, 0.2) is 17.1 Å². The maximum absolute atomic E-state index is 11.3. The Labute approximate surface area is 88.1 Å². The normalized spacial score (nSPS) is 10.9. The highest BCUT2D eigenvalue weighted by molar-refractivity contribution is 14.1. The summed E-state index contributed by atoms with van der Waals surface area (Å²) in [6.07, 6.45) is 2.50. The molecular weight excluding hydrogens is 281 g/mol. The molecule has 13 heavy (non-hydrogen) atoms. The molecule has 2 aromatic rings. The summed E-state index contributed by atoms with van der Waals surface area (Å²) in [5.41, 5.74) is 1.46. The minimum absolute atomic E-state index is 0.0902. The Morgan fingerprint density at radius 3 is 3.08 bits per heavy atom. The maximum Gasteiger partial charge on any atom is 0.274 e. The zero-order valence-electron chi connectivity index (χ0n) is 7.04. The summed E-state index contributed by atoms with van der Waals surface area (Å²) in [4.78, 5) is 14.0. The van der Waals surface area contributed by atoms with Crippen LogP contribution in [0.4, 0.5) is 0 Å². The van der Waals surface area contributed by atoms with E-state index < -0.39 is 0 Å². The molecule has 0 bridgehead atoms. The van der Waals surface area contributed by atoms with Crippen LogP contribution in [0.1, 0.15) is 12.6 Å². The molecule has 5 heteroatoms. The van der Waals surface area contributed by atoms with Gasteiger partial charge in [0.1, 0.15) is 9.22 Å². The third-order valence-corrected chi connectivity index (χ3v) is 2.65. The average molecular weight is 289 g/mol. The number of rotatable bonds is 1. The number of fused-ring (bicyclic) bond motifs is 1. The second kappa shape index (κ2) is 3.13. The van der Waals surface area contributed by atoms with Gasteiger partial charge in [-0.15, -0.1) is 0 Å². The Morgan fingerprint density at radius 1 is 1.69 bits per heavy atom. The van der Waals surface area contributed by atoms with Crippen LogP contribution in [0.25, 0.3) is 5.52 Å². The third-order valence-electron chi connectivity index (χ3n) is 1.88. The third kappa shape index (κ3) is 1.37. The zero-order chi connectivity index (χ0) is 9.42. The van der Waals surface area contributed by atoms with Crippen LogP contribution in [-0.4, -0.2) is 14.6 Å². The van der Waals surface area contributed by atoms with Gasteiger partial charge in [0.25, 0.3) is 5.56 Å². The Hall–Kier alpha value is -0.850. The first-order chi connectivity index (χ1) is 6.22. The highest BCUT2D eigenvalue weighted by Gasteiger charge is 2.05. The summed E-state index contributed by atoms with van der Waals surface area (Å²) in [6.45, 7) is 2.02. The highest BCUT2D eigenvalue weighted by Crippen LogP contribution is 2.06. The summed E-state index contributed by atoms with van der Waals surface area (Å²) < 4.78 is 2.57. The minimum Gasteiger partial charge on any atom is -0.325 e. The van der Waals surface area contributed by atoms with E-state index in [0.717, 1.165) is 15.8 Å². The molecule has 4 nitrogen and oxygen atoms in total. The van der Waals surface area contributed by atoms with Crippen LogP contribution < -0.4 is 5.56 Å². The van der Waals surface area contributed by atoms with Gasteiger partial charge in [0, 0.05) is 6.20 Å². The lowest BCUT2D eigenvalue weighted by molar-refractivity contribution is 0.864. The molecule has 0 aliphatic heterocycles. The summed E-state index contributed by atoms with van der Waals surface area (Å²) in [5, 5.41) is 4.28. The Morgan fingerprint density at radius 2 is 2.46 bits per heavy atom. The van der Waals surface area contributed by atoms with E-state index in [2.05, 4.69) is 32.7 Å². The van der Waals surface area contributed by atoms with E-state index in [-0.39, 0.29) is 5.56 Å². The quantitative estimate of drug-likeness (QED) is 0.802. The summed E-state index contributed by atoms with van der Waals surface area (Å²) in [7, 11) is 0. The number of aromatic nitrogens is 3. The summed E-state index contributed by atoms with van der Waals surface area (Å²) in [5.74, 6) is 0. The zero-order valence-corrected chi connectivity index (χ0v) is 9.20. The predicted molar refractivity (Wildman–Crippen MR) is 57.9 cm³/mol. The summed E-state index contributed by atoms with van der Waals surface area (Å²) in [6, 6.07) is 1.82. The topological polar surface area (TPSA) is 50.2 Å². The van der Waals surface area contributed by atoms with Crippen molar-refractivity contribution in [2.24, 2.45) is 0 Å². The van der Waals surface area contributed by atoms with E-state index in [4.69, 9.17) is 0 Å². The Balaban J connectivity index is 2.88. The van der Waals surface area contributed by atoms with Gasteiger partial charge in [-0.25, -0.2) is 4.52 Å². The van der Waals surface area contributed by atoms with Gasteiger partial charge >= 0.3 is 0 Å². The van der Waals surface area contributed by atoms with Gasteiger partial charge in [-0.2, -0.15) is 5.10 Å². The minimum atomic E-state index is -0.0902. The van der Waals surface area contributed by atoms with Crippen LogP contribution in [-0.2, 0) is 6.42 Å². The molecule has 0 saturated carbocycles. The molecule has 0 aliphatic rings. The molecule has 0 aromatic carbocycles. The van der Waals surface area contributed by atoms with Crippen molar-refractivity contribution in [1.29, 1.82) is 0 Å². The van der Waals surface area contributed by atoms with Crippen LogP contribution in [0, 0.1) is 3.70 Å². The number of aryl methyl sites for hydroxylation is 1.